The predicted octanol–water partition coefficient (Wildman–Crippen LogP) is 1.68. The molecule has 0 spiro atoms. The van der Waals surface area contributed by atoms with Gasteiger partial charge in [-0.05, 0) is 24.5 Å². The zero-order valence-corrected chi connectivity index (χ0v) is 10.3. The fraction of sp³-hybridized carbons (Fsp3) is 0.417. The fourth-order valence-electron chi connectivity index (χ4n) is 2.04. The van der Waals surface area contributed by atoms with Gasteiger partial charge >= 0.3 is 0 Å². The number of nitriles is 1. The van der Waals surface area contributed by atoms with Gasteiger partial charge in [0.15, 0.2) is 0 Å². The molecule has 1 aromatic rings. The van der Waals surface area contributed by atoms with E-state index < -0.39 is 10.0 Å². The number of benzene rings is 1. The SMILES string of the molecule is N#CCCCS(=O)(=O)N1CCc2ccccc21. The lowest BCUT2D eigenvalue weighted by atomic mass is 10.2. The van der Waals surface area contributed by atoms with Gasteiger partial charge in [0.1, 0.15) is 0 Å². The van der Waals surface area contributed by atoms with Crippen molar-refractivity contribution in [3.05, 3.63) is 29.8 Å². The molecule has 0 aliphatic carbocycles. The van der Waals surface area contributed by atoms with E-state index in [1.807, 2.05) is 30.3 Å². The molecule has 0 bridgehead atoms. The van der Waals surface area contributed by atoms with Gasteiger partial charge in [0.25, 0.3) is 0 Å². The van der Waals surface area contributed by atoms with E-state index in [9.17, 15) is 8.42 Å². The lowest BCUT2D eigenvalue weighted by molar-refractivity contribution is 0.590. The average molecular weight is 250 g/mol. The van der Waals surface area contributed by atoms with Crippen LogP contribution in [0.5, 0.6) is 0 Å². The molecule has 90 valence electrons. The highest BCUT2D eigenvalue weighted by molar-refractivity contribution is 7.92. The van der Waals surface area contributed by atoms with Crippen LogP contribution in [0, 0.1) is 11.3 Å². The standard InChI is InChI=1S/C12H14N2O2S/c13-8-3-4-10-17(15,16)14-9-7-11-5-1-2-6-12(11)14/h1-2,5-6H,3-4,7,9-10H2. The van der Waals surface area contributed by atoms with Gasteiger partial charge in [-0.15, -0.1) is 0 Å². The van der Waals surface area contributed by atoms with Crippen LogP contribution in [0.25, 0.3) is 0 Å². The van der Waals surface area contributed by atoms with Gasteiger partial charge in [0.2, 0.25) is 10.0 Å². The number of anilines is 1. The van der Waals surface area contributed by atoms with Gasteiger partial charge in [-0.25, -0.2) is 8.42 Å². The summed E-state index contributed by atoms with van der Waals surface area (Å²) < 4.78 is 25.6. The van der Waals surface area contributed by atoms with Crippen LogP contribution < -0.4 is 4.31 Å². The van der Waals surface area contributed by atoms with Gasteiger partial charge in [0, 0.05) is 13.0 Å². The van der Waals surface area contributed by atoms with Crippen LogP contribution in [0.3, 0.4) is 0 Å². The molecule has 0 atom stereocenters. The highest BCUT2D eigenvalue weighted by Crippen LogP contribution is 2.30. The summed E-state index contributed by atoms with van der Waals surface area (Å²) in [4.78, 5) is 0. The number of nitrogens with zero attached hydrogens (tertiary/aromatic N) is 2. The Kier molecular flexibility index (Phi) is 3.34. The largest absolute Gasteiger partial charge is 0.270 e. The summed E-state index contributed by atoms with van der Waals surface area (Å²) in [5.74, 6) is 0.0505. The van der Waals surface area contributed by atoms with Crippen molar-refractivity contribution in [3.8, 4) is 6.07 Å². The average Bonchev–Trinajstić information content (AvgIpc) is 2.73. The number of fused-ring (bicyclic) bond motifs is 1. The van der Waals surface area contributed by atoms with Crippen molar-refractivity contribution in [1.82, 2.24) is 0 Å². The normalized spacial score (nSPS) is 14.4. The third kappa shape index (κ3) is 2.42. The van der Waals surface area contributed by atoms with E-state index in [2.05, 4.69) is 0 Å². The highest BCUT2D eigenvalue weighted by atomic mass is 32.2. The van der Waals surface area contributed by atoms with Crippen LogP contribution >= 0.6 is 0 Å². The lowest BCUT2D eigenvalue weighted by Crippen LogP contribution is -2.31. The minimum atomic E-state index is -3.26. The first kappa shape index (κ1) is 11.9. The summed E-state index contributed by atoms with van der Waals surface area (Å²) >= 11 is 0. The van der Waals surface area contributed by atoms with Crippen LogP contribution in [0.2, 0.25) is 0 Å². The minimum Gasteiger partial charge on any atom is -0.270 e. The maximum Gasteiger partial charge on any atom is 0.235 e. The van der Waals surface area contributed by atoms with Gasteiger partial charge in [-0.1, -0.05) is 18.2 Å². The summed E-state index contributed by atoms with van der Waals surface area (Å²) in [6.07, 6.45) is 1.46. The van der Waals surface area contributed by atoms with Crippen molar-refractivity contribution >= 4 is 15.7 Å². The molecule has 0 amide bonds. The van der Waals surface area contributed by atoms with Crippen LogP contribution in [0.15, 0.2) is 24.3 Å². The third-order valence-corrected chi connectivity index (χ3v) is 4.73. The first-order valence-corrected chi connectivity index (χ1v) is 7.21. The van der Waals surface area contributed by atoms with E-state index >= 15 is 0 Å². The molecule has 17 heavy (non-hydrogen) atoms. The Balaban J connectivity index is 2.17. The third-order valence-electron chi connectivity index (χ3n) is 2.87. The van der Waals surface area contributed by atoms with E-state index in [1.54, 1.807) is 0 Å². The molecule has 0 saturated heterocycles. The molecule has 1 heterocycles. The van der Waals surface area contributed by atoms with Crippen molar-refractivity contribution < 1.29 is 8.42 Å². The first-order chi connectivity index (χ1) is 8.15. The number of unbranched alkanes of at least 4 members (excludes halogenated alkanes) is 1. The van der Waals surface area contributed by atoms with Crippen LogP contribution in [0.4, 0.5) is 5.69 Å². The van der Waals surface area contributed by atoms with E-state index in [-0.39, 0.29) is 12.2 Å². The zero-order valence-electron chi connectivity index (χ0n) is 9.46. The van der Waals surface area contributed by atoms with Crippen molar-refractivity contribution in [2.75, 3.05) is 16.6 Å². The van der Waals surface area contributed by atoms with Crippen molar-refractivity contribution in [3.63, 3.8) is 0 Å². The maximum absolute atomic E-state index is 12.1. The van der Waals surface area contributed by atoms with E-state index in [0.29, 0.717) is 13.0 Å². The smallest absolute Gasteiger partial charge is 0.235 e. The van der Waals surface area contributed by atoms with Crippen LogP contribution in [0.1, 0.15) is 18.4 Å². The predicted molar refractivity (Wildman–Crippen MR) is 66.1 cm³/mol. The molecule has 0 radical (unpaired) electrons. The van der Waals surface area contributed by atoms with Crippen LogP contribution in [-0.2, 0) is 16.4 Å². The topological polar surface area (TPSA) is 61.2 Å². The Morgan fingerprint density at radius 1 is 1.35 bits per heavy atom. The molecule has 2 rings (SSSR count). The Hall–Kier alpha value is -1.54. The summed E-state index contributed by atoms with van der Waals surface area (Å²) in [5.41, 5.74) is 1.88. The Bertz CT molecular complexity index is 546. The number of para-hydroxylation sites is 1. The van der Waals surface area contributed by atoms with Crippen molar-refractivity contribution in [1.29, 1.82) is 5.26 Å². The van der Waals surface area contributed by atoms with Gasteiger partial charge < -0.3 is 0 Å². The monoisotopic (exact) mass is 250 g/mol. The molecule has 0 unspecified atom stereocenters. The number of hydrogen-bond donors (Lipinski definition) is 0. The summed E-state index contributed by atoms with van der Waals surface area (Å²) in [6, 6.07) is 9.53. The van der Waals surface area contributed by atoms with Crippen LogP contribution in [-0.4, -0.2) is 20.7 Å². The van der Waals surface area contributed by atoms with Gasteiger partial charge in [-0.3, -0.25) is 4.31 Å². The van der Waals surface area contributed by atoms with E-state index in [4.69, 9.17) is 5.26 Å². The number of hydrogen-bond acceptors (Lipinski definition) is 3. The summed E-state index contributed by atoms with van der Waals surface area (Å²) in [6.45, 7) is 0.522. The van der Waals surface area contributed by atoms with E-state index in [1.165, 1.54) is 4.31 Å². The number of sulfonamides is 1. The van der Waals surface area contributed by atoms with Crippen molar-refractivity contribution in [2.45, 2.75) is 19.3 Å². The summed E-state index contributed by atoms with van der Waals surface area (Å²) in [7, 11) is -3.26. The Labute approximate surface area is 102 Å². The molecule has 4 nitrogen and oxygen atoms in total. The minimum absolute atomic E-state index is 0.0505. The second-order valence-corrected chi connectivity index (χ2v) is 6.04. The zero-order chi connectivity index (χ0) is 12.3. The highest BCUT2D eigenvalue weighted by Gasteiger charge is 2.28. The molecular formula is C12H14N2O2S. The lowest BCUT2D eigenvalue weighted by Gasteiger charge is -2.19. The molecule has 0 N–H and O–H groups in total. The molecule has 1 aliphatic heterocycles. The second-order valence-electron chi connectivity index (χ2n) is 4.03. The van der Waals surface area contributed by atoms with E-state index in [0.717, 1.165) is 17.7 Å². The fourth-order valence-corrected chi connectivity index (χ4v) is 3.62. The molecule has 1 aromatic carbocycles. The molecule has 1 aliphatic rings. The van der Waals surface area contributed by atoms with Crippen molar-refractivity contribution in [2.24, 2.45) is 0 Å². The molecule has 0 fully saturated rings. The molecule has 5 heteroatoms. The maximum atomic E-state index is 12.1. The second kappa shape index (κ2) is 4.76. The summed E-state index contributed by atoms with van der Waals surface area (Å²) in [5, 5.41) is 8.43. The van der Waals surface area contributed by atoms with Gasteiger partial charge in [0.05, 0.1) is 17.5 Å². The first-order valence-electron chi connectivity index (χ1n) is 5.60. The Morgan fingerprint density at radius 3 is 2.88 bits per heavy atom. The number of rotatable bonds is 4. The molecule has 0 saturated carbocycles. The quantitative estimate of drug-likeness (QED) is 0.764. The molecule has 0 aromatic heterocycles. The Morgan fingerprint density at radius 2 is 2.12 bits per heavy atom. The molecular weight excluding hydrogens is 236 g/mol. The van der Waals surface area contributed by atoms with Gasteiger partial charge in [-0.2, -0.15) is 5.26 Å².